The zero-order chi connectivity index (χ0) is 18.1. The Labute approximate surface area is 155 Å². The monoisotopic (exact) mass is 349 g/mol. The zero-order valence-electron chi connectivity index (χ0n) is 15.6. The molecule has 1 saturated carbocycles. The Morgan fingerprint density at radius 1 is 1.23 bits per heavy atom. The van der Waals surface area contributed by atoms with Gasteiger partial charge in [0.05, 0.1) is 18.3 Å². The van der Waals surface area contributed by atoms with E-state index in [1.54, 1.807) is 0 Å². The highest BCUT2D eigenvalue weighted by atomic mass is 16.1. The summed E-state index contributed by atoms with van der Waals surface area (Å²) in [5.74, 6) is 0.880. The molecule has 2 atom stereocenters. The Balaban J connectivity index is 1.33. The predicted molar refractivity (Wildman–Crippen MR) is 104 cm³/mol. The molecule has 4 rings (SSSR count). The van der Waals surface area contributed by atoms with E-state index in [0.717, 1.165) is 35.7 Å². The lowest BCUT2D eigenvalue weighted by atomic mass is 10.1. The first kappa shape index (κ1) is 17.1. The number of carbonyl (C=O) groups excluding carboxylic acids is 1. The molecule has 1 aromatic heterocycles. The average Bonchev–Trinajstić information content (AvgIpc) is 3.39. The van der Waals surface area contributed by atoms with Crippen molar-refractivity contribution in [2.45, 2.75) is 57.5 Å². The highest BCUT2D eigenvalue weighted by molar-refractivity contribution is 5.79. The third-order valence-electron chi connectivity index (χ3n) is 5.53. The number of aromatic nitrogens is 1. The van der Waals surface area contributed by atoms with E-state index >= 15 is 0 Å². The number of benzene rings is 1. The normalized spacial score (nSPS) is 22.5. The van der Waals surface area contributed by atoms with E-state index in [0.29, 0.717) is 12.5 Å². The van der Waals surface area contributed by atoms with Crippen LogP contribution < -0.4 is 10.2 Å². The van der Waals surface area contributed by atoms with Crippen molar-refractivity contribution < 1.29 is 4.79 Å². The number of carbonyl (C=O) groups is 1. The Bertz CT molecular complexity index is 782. The molecule has 0 unspecified atom stereocenters. The molecule has 26 heavy (non-hydrogen) atoms. The number of nitrogens with zero attached hydrogens (tertiary/aromatic N) is 2. The van der Waals surface area contributed by atoms with E-state index in [1.165, 1.54) is 18.4 Å². The maximum atomic E-state index is 12.5. The van der Waals surface area contributed by atoms with Crippen LogP contribution >= 0.6 is 0 Å². The minimum atomic E-state index is 0.116. The van der Waals surface area contributed by atoms with Gasteiger partial charge in [-0.15, -0.1) is 0 Å². The van der Waals surface area contributed by atoms with E-state index in [2.05, 4.69) is 59.4 Å². The summed E-state index contributed by atoms with van der Waals surface area (Å²) >= 11 is 0. The number of nitrogens with one attached hydrogen (secondary N) is 1. The van der Waals surface area contributed by atoms with Gasteiger partial charge < -0.3 is 10.2 Å². The zero-order valence-corrected chi connectivity index (χ0v) is 15.6. The van der Waals surface area contributed by atoms with Crippen molar-refractivity contribution in [2.24, 2.45) is 0 Å². The largest absolute Gasteiger partial charge is 0.365 e. The molecule has 1 aliphatic carbocycles. The highest BCUT2D eigenvalue weighted by Gasteiger charge is 2.30. The van der Waals surface area contributed by atoms with Gasteiger partial charge in [0.15, 0.2) is 0 Å². The summed E-state index contributed by atoms with van der Waals surface area (Å²) in [6.45, 7) is 5.12. The van der Waals surface area contributed by atoms with E-state index in [-0.39, 0.29) is 11.9 Å². The molecule has 1 amide bonds. The third-order valence-corrected chi connectivity index (χ3v) is 5.53. The minimum Gasteiger partial charge on any atom is -0.365 e. The smallest absolute Gasteiger partial charge is 0.224 e. The van der Waals surface area contributed by atoms with Crippen molar-refractivity contribution in [1.29, 1.82) is 0 Å². The van der Waals surface area contributed by atoms with Crippen LogP contribution in [-0.4, -0.2) is 29.5 Å². The maximum Gasteiger partial charge on any atom is 0.224 e. The molecule has 4 nitrogen and oxygen atoms in total. The molecule has 2 aromatic rings. The minimum absolute atomic E-state index is 0.116. The fraction of sp³-hybridized carbons (Fsp3) is 0.455. The van der Waals surface area contributed by atoms with Gasteiger partial charge in [-0.05, 0) is 61.8 Å². The number of aryl methyl sites for hydroxylation is 1. The molecule has 2 heterocycles. The summed E-state index contributed by atoms with van der Waals surface area (Å²) in [5.41, 5.74) is 4.82. The first-order chi connectivity index (χ1) is 12.6. The summed E-state index contributed by atoms with van der Waals surface area (Å²) in [6.07, 6.45) is 7.84. The Morgan fingerprint density at radius 3 is 2.69 bits per heavy atom. The van der Waals surface area contributed by atoms with Crippen LogP contribution in [0.2, 0.25) is 0 Å². The first-order valence-electron chi connectivity index (χ1n) is 9.65. The fourth-order valence-corrected chi connectivity index (χ4v) is 3.98. The van der Waals surface area contributed by atoms with Gasteiger partial charge in [-0.3, -0.25) is 9.78 Å². The summed E-state index contributed by atoms with van der Waals surface area (Å²) < 4.78 is 0. The number of hydrogen-bond acceptors (Lipinski definition) is 3. The van der Waals surface area contributed by atoms with Crippen LogP contribution in [0.4, 0.5) is 5.69 Å². The van der Waals surface area contributed by atoms with Gasteiger partial charge in [0.2, 0.25) is 5.91 Å². The van der Waals surface area contributed by atoms with Gasteiger partial charge in [-0.1, -0.05) is 24.3 Å². The van der Waals surface area contributed by atoms with E-state index < -0.39 is 0 Å². The highest BCUT2D eigenvalue weighted by Crippen LogP contribution is 2.39. The molecular formula is C22H27N3O. The molecule has 0 radical (unpaired) electrons. The Hall–Kier alpha value is -2.36. The van der Waals surface area contributed by atoms with Gasteiger partial charge in [0.25, 0.3) is 0 Å². The number of hydrogen-bond donors (Lipinski definition) is 1. The topological polar surface area (TPSA) is 45.2 Å². The van der Waals surface area contributed by atoms with Crippen molar-refractivity contribution >= 4 is 11.6 Å². The van der Waals surface area contributed by atoms with Crippen molar-refractivity contribution in [2.75, 3.05) is 11.4 Å². The van der Waals surface area contributed by atoms with Crippen LogP contribution in [0.15, 0.2) is 42.7 Å². The Morgan fingerprint density at radius 2 is 2.00 bits per heavy atom. The second-order valence-corrected chi connectivity index (χ2v) is 7.91. The molecule has 2 aliphatic rings. The number of pyridine rings is 1. The SMILES string of the molecule is Cc1cncc(N2C[C@H](NC(=O)Cc3ccc(C4CC4)cc3)C[C@@H]2C)c1. The molecule has 136 valence electrons. The molecular weight excluding hydrogens is 322 g/mol. The van der Waals surface area contributed by atoms with E-state index in [1.807, 2.05) is 12.4 Å². The number of rotatable bonds is 5. The predicted octanol–water partition coefficient (Wildman–Crippen LogP) is 3.59. The molecule has 0 bridgehead atoms. The van der Waals surface area contributed by atoms with Crippen molar-refractivity contribution in [1.82, 2.24) is 10.3 Å². The van der Waals surface area contributed by atoms with Crippen LogP contribution in [0, 0.1) is 6.92 Å². The lowest BCUT2D eigenvalue weighted by Gasteiger charge is -2.23. The fourth-order valence-electron chi connectivity index (χ4n) is 3.98. The van der Waals surface area contributed by atoms with Crippen LogP contribution in [-0.2, 0) is 11.2 Å². The van der Waals surface area contributed by atoms with Crippen LogP contribution in [0.25, 0.3) is 0 Å². The maximum absolute atomic E-state index is 12.5. The molecule has 4 heteroatoms. The molecule has 2 fully saturated rings. The van der Waals surface area contributed by atoms with Gasteiger partial charge in [-0.2, -0.15) is 0 Å². The van der Waals surface area contributed by atoms with Gasteiger partial charge in [0.1, 0.15) is 0 Å². The lowest BCUT2D eigenvalue weighted by molar-refractivity contribution is -0.121. The second-order valence-electron chi connectivity index (χ2n) is 7.91. The first-order valence-corrected chi connectivity index (χ1v) is 9.65. The van der Waals surface area contributed by atoms with Crippen LogP contribution in [0.1, 0.15) is 48.8 Å². The summed E-state index contributed by atoms with van der Waals surface area (Å²) in [5, 5.41) is 3.22. The van der Waals surface area contributed by atoms with Crippen molar-refractivity contribution in [3.63, 3.8) is 0 Å². The molecule has 0 spiro atoms. The molecule has 1 aromatic carbocycles. The standard InChI is InChI=1S/C22H27N3O/c1-15-9-21(13-23-12-15)25-14-20(10-16(25)2)24-22(26)11-17-3-5-18(6-4-17)19-7-8-19/h3-6,9,12-13,16,19-20H,7-8,10-11,14H2,1-2H3,(H,24,26)/t16-,20+/m0/s1. The molecule has 1 saturated heterocycles. The van der Waals surface area contributed by atoms with E-state index in [4.69, 9.17) is 0 Å². The molecule has 1 N–H and O–H groups in total. The van der Waals surface area contributed by atoms with Gasteiger partial charge in [0, 0.05) is 24.8 Å². The van der Waals surface area contributed by atoms with Gasteiger partial charge in [-0.25, -0.2) is 0 Å². The number of amides is 1. The summed E-state index contributed by atoms with van der Waals surface area (Å²) in [7, 11) is 0. The van der Waals surface area contributed by atoms with Crippen molar-refractivity contribution in [3.8, 4) is 0 Å². The quantitative estimate of drug-likeness (QED) is 0.897. The van der Waals surface area contributed by atoms with Gasteiger partial charge >= 0.3 is 0 Å². The molecule has 1 aliphatic heterocycles. The number of anilines is 1. The van der Waals surface area contributed by atoms with E-state index in [9.17, 15) is 4.79 Å². The van der Waals surface area contributed by atoms with Crippen LogP contribution in [0.3, 0.4) is 0 Å². The Kier molecular flexibility index (Phi) is 4.66. The lowest BCUT2D eigenvalue weighted by Crippen LogP contribution is -2.38. The summed E-state index contributed by atoms with van der Waals surface area (Å²) in [6, 6.07) is 11.3. The second kappa shape index (κ2) is 7.10. The summed E-state index contributed by atoms with van der Waals surface area (Å²) in [4.78, 5) is 19.1. The average molecular weight is 349 g/mol. The third kappa shape index (κ3) is 3.90. The van der Waals surface area contributed by atoms with Crippen LogP contribution in [0.5, 0.6) is 0 Å². The van der Waals surface area contributed by atoms with Crippen molar-refractivity contribution in [3.05, 3.63) is 59.4 Å².